The summed E-state index contributed by atoms with van der Waals surface area (Å²) in [5.41, 5.74) is 1.54. The van der Waals surface area contributed by atoms with Crippen molar-refractivity contribution in [1.29, 1.82) is 0 Å². The van der Waals surface area contributed by atoms with E-state index in [1.54, 1.807) is 16.8 Å². The summed E-state index contributed by atoms with van der Waals surface area (Å²) in [6.45, 7) is 0. The van der Waals surface area contributed by atoms with Crippen molar-refractivity contribution in [2.45, 2.75) is 6.04 Å². The van der Waals surface area contributed by atoms with E-state index in [1.807, 2.05) is 30.3 Å². The fourth-order valence-electron chi connectivity index (χ4n) is 2.67. The number of rotatable bonds is 4. The first kappa shape index (κ1) is 14.1. The fraction of sp³-hybridized carbons (Fsp3) is 0.0625. The van der Waals surface area contributed by atoms with Crippen LogP contribution in [0, 0.1) is 10.1 Å². The Morgan fingerprint density at radius 1 is 1.12 bits per heavy atom. The average molecular weight is 321 g/mol. The maximum atomic E-state index is 10.9. The molecule has 0 aliphatic rings. The minimum absolute atomic E-state index is 0.0218. The fourth-order valence-corrected chi connectivity index (χ4v) is 2.67. The Kier molecular flexibility index (Phi) is 3.27. The molecule has 2 heterocycles. The van der Waals surface area contributed by atoms with Crippen LogP contribution in [0.15, 0.2) is 65.3 Å². The topological polar surface area (TPSA) is 99.9 Å². The van der Waals surface area contributed by atoms with Crippen LogP contribution in [0.5, 0.6) is 0 Å². The standard InChI is InChI=1S/C16H11N5O3/c22-21(23)13-6-7-14-12(8-13)9-15(24-14)16(20-10-17-18-19-20)11-4-2-1-3-5-11/h1-10,16H/t16-/m0/s1. The zero-order valence-electron chi connectivity index (χ0n) is 12.3. The molecule has 0 saturated carbocycles. The molecule has 2 aromatic heterocycles. The van der Waals surface area contributed by atoms with Crippen molar-refractivity contribution >= 4 is 16.7 Å². The Morgan fingerprint density at radius 3 is 2.67 bits per heavy atom. The Bertz CT molecular complexity index is 995. The summed E-state index contributed by atoms with van der Waals surface area (Å²) in [5.74, 6) is 0.601. The molecule has 4 aromatic rings. The lowest BCUT2D eigenvalue weighted by Gasteiger charge is -2.13. The smallest absolute Gasteiger partial charge is 0.270 e. The van der Waals surface area contributed by atoms with Crippen molar-refractivity contribution in [3.63, 3.8) is 0 Å². The van der Waals surface area contributed by atoms with Crippen LogP contribution in [0.1, 0.15) is 17.4 Å². The summed E-state index contributed by atoms with van der Waals surface area (Å²) in [6, 6.07) is 15.6. The molecule has 24 heavy (non-hydrogen) atoms. The van der Waals surface area contributed by atoms with Gasteiger partial charge in [-0.15, -0.1) is 5.10 Å². The van der Waals surface area contributed by atoms with E-state index >= 15 is 0 Å². The third kappa shape index (κ3) is 2.39. The molecule has 0 unspecified atom stereocenters. The number of nitro benzene ring substituents is 1. The van der Waals surface area contributed by atoms with Gasteiger partial charge in [-0.1, -0.05) is 30.3 Å². The number of non-ortho nitro benzene ring substituents is 1. The molecule has 4 rings (SSSR count). The first-order valence-electron chi connectivity index (χ1n) is 7.18. The SMILES string of the molecule is O=[N+]([O-])c1ccc2oc([C@H](c3ccccc3)n3cnnn3)cc2c1. The molecule has 0 N–H and O–H groups in total. The van der Waals surface area contributed by atoms with E-state index in [9.17, 15) is 10.1 Å². The Morgan fingerprint density at radius 2 is 1.96 bits per heavy atom. The highest BCUT2D eigenvalue weighted by Gasteiger charge is 2.22. The monoisotopic (exact) mass is 321 g/mol. The van der Waals surface area contributed by atoms with Crippen LogP contribution >= 0.6 is 0 Å². The van der Waals surface area contributed by atoms with E-state index in [-0.39, 0.29) is 11.7 Å². The van der Waals surface area contributed by atoms with Crippen molar-refractivity contribution in [2.75, 3.05) is 0 Å². The molecule has 8 heteroatoms. The molecule has 118 valence electrons. The van der Waals surface area contributed by atoms with Crippen LogP contribution in [0.4, 0.5) is 5.69 Å². The van der Waals surface area contributed by atoms with E-state index in [4.69, 9.17) is 4.42 Å². The van der Waals surface area contributed by atoms with Crippen LogP contribution in [-0.4, -0.2) is 25.1 Å². The van der Waals surface area contributed by atoms with Crippen molar-refractivity contribution in [2.24, 2.45) is 0 Å². The van der Waals surface area contributed by atoms with Crippen LogP contribution in [0.3, 0.4) is 0 Å². The van der Waals surface area contributed by atoms with Gasteiger partial charge in [-0.25, -0.2) is 4.68 Å². The summed E-state index contributed by atoms with van der Waals surface area (Å²) < 4.78 is 7.49. The number of nitrogens with zero attached hydrogens (tertiary/aromatic N) is 5. The summed E-state index contributed by atoms with van der Waals surface area (Å²) in [4.78, 5) is 10.5. The molecule has 2 aromatic carbocycles. The number of benzene rings is 2. The van der Waals surface area contributed by atoms with Gasteiger partial charge in [-0.2, -0.15) is 0 Å². The van der Waals surface area contributed by atoms with E-state index in [0.717, 1.165) is 5.56 Å². The maximum absolute atomic E-state index is 10.9. The summed E-state index contributed by atoms with van der Waals surface area (Å²) in [7, 11) is 0. The molecule has 8 nitrogen and oxygen atoms in total. The van der Waals surface area contributed by atoms with Gasteiger partial charge in [0.15, 0.2) is 0 Å². The molecule has 0 amide bonds. The number of hydrogen-bond donors (Lipinski definition) is 0. The van der Waals surface area contributed by atoms with Crippen molar-refractivity contribution in [3.05, 3.63) is 82.4 Å². The van der Waals surface area contributed by atoms with E-state index in [2.05, 4.69) is 15.5 Å². The van der Waals surface area contributed by atoms with Gasteiger partial charge in [0.05, 0.1) is 4.92 Å². The third-order valence-electron chi connectivity index (χ3n) is 3.74. The molecule has 0 fully saturated rings. The van der Waals surface area contributed by atoms with Crippen molar-refractivity contribution in [3.8, 4) is 0 Å². The largest absolute Gasteiger partial charge is 0.458 e. The normalized spacial score (nSPS) is 12.3. The molecule has 0 aliphatic carbocycles. The van der Waals surface area contributed by atoms with Gasteiger partial charge in [-0.05, 0) is 28.1 Å². The van der Waals surface area contributed by atoms with Crippen LogP contribution in [0.2, 0.25) is 0 Å². The predicted octanol–water partition coefficient (Wildman–Crippen LogP) is 2.97. The maximum Gasteiger partial charge on any atom is 0.270 e. The molecule has 0 spiro atoms. The van der Waals surface area contributed by atoms with Gasteiger partial charge in [0, 0.05) is 17.5 Å². The Balaban J connectivity index is 1.87. The lowest BCUT2D eigenvalue weighted by Crippen LogP contribution is -2.12. The van der Waals surface area contributed by atoms with Gasteiger partial charge in [0.1, 0.15) is 23.7 Å². The number of tetrazole rings is 1. The highest BCUT2D eigenvalue weighted by molar-refractivity contribution is 5.80. The first-order chi connectivity index (χ1) is 11.7. The minimum Gasteiger partial charge on any atom is -0.458 e. The second-order valence-electron chi connectivity index (χ2n) is 5.23. The first-order valence-corrected chi connectivity index (χ1v) is 7.18. The second kappa shape index (κ2) is 5.58. The number of furan rings is 1. The lowest BCUT2D eigenvalue weighted by atomic mass is 10.0. The summed E-state index contributed by atoms with van der Waals surface area (Å²) >= 11 is 0. The van der Waals surface area contributed by atoms with E-state index < -0.39 is 4.92 Å². The van der Waals surface area contributed by atoms with Crippen LogP contribution in [-0.2, 0) is 0 Å². The highest BCUT2D eigenvalue weighted by atomic mass is 16.6. The quantitative estimate of drug-likeness (QED) is 0.423. The Labute approximate surface area is 135 Å². The van der Waals surface area contributed by atoms with Gasteiger partial charge in [-0.3, -0.25) is 10.1 Å². The van der Waals surface area contributed by atoms with E-state index in [0.29, 0.717) is 16.7 Å². The number of nitro groups is 1. The molecule has 0 bridgehead atoms. The average Bonchev–Trinajstić information content (AvgIpc) is 3.25. The van der Waals surface area contributed by atoms with Crippen LogP contribution < -0.4 is 0 Å². The molecule has 0 radical (unpaired) electrons. The van der Waals surface area contributed by atoms with Crippen molar-refractivity contribution in [1.82, 2.24) is 20.2 Å². The van der Waals surface area contributed by atoms with Crippen LogP contribution in [0.25, 0.3) is 11.0 Å². The lowest BCUT2D eigenvalue weighted by molar-refractivity contribution is -0.384. The molecule has 0 aliphatic heterocycles. The predicted molar refractivity (Wildman–Crippen MR) is 84.4 cm³/mol. The van der Waals surface area contributed by atoms with Gasteiger partial charge in [0.2, 0.25) is 0 Å². The second-order valence-corrected chi connectivity index (χ2v) is 5.23. The number of hydrogen-bond acceptors (Lipinski definition) is 6. The van der Waals surface area contributed by atoms with Crippen molar-refractivity contribution < 1.29 is 9.34 Å². The molecule has 1 atom stereocenters. The van der Waals surface area contributed by atoms with Gasteiger partial charge in [0.25, 0.3) is 5.69 Å². The highest BCUT2D eigenvalue weighted by Crippen LogP contribution is 2.32. The number of fused-ring (bicyclic) bond motifs is 1. The zero-order valence-corrected chi connectivity index (χ0v) is 12.3. The Hall–Kier alpha value is -3.55. The van der Waals surface area contributed by atoms with E-state index in [1.165, 1.54) is 18.5 Å². The molecular weight excluding hydrogens is 310 g/mol. The summed E-state index contributed by atoms with van der Waals surface area (Å²) in [6.07, 6.45) is 1.51. The molecule has 0 saturated heterocycles. The molecular formula is C16H11N5O3. The zero-order chi connectivity index (χ0) is 16.5. The summed E-state index contributed by atoms with van der Waals surface area (Å²) in [5, 5.41) is 22.9. The third-order valence-corrected chi connectivity index (χ3v) is 3.74. The van der Waals surface area contributed by atoms with Gasteiger partial charge >= 0.3 is 0 Å². The minimum atomic E-state index is -0.428. The van der Waals surface area contributed by atoms with Gasteiger partial charge < -0.3 is 4.42 Å². The number of aromatic nitrogens is 4.